The number of ether oxygens (including phenoxy) is 1. The van der Waals surface area contributed by atoms with Gasteiger partial charge in [-0.15, -0.1) is 0 Å². The number of halogens is 2. The van der Waals surface area contributed by atoms with Gasteiger partial charge in [-0.25, -0.2) is 13.6 Å². The molecule has 1 heterocycles. The maximum atomic E-state index is 13.9. The number of rotatable bonds is 4. The second kappa shape index (κ2) is 5.51. The maximum absolute atomic E-state index is 13.9. The van der Waals surface area contributed by atoms with E-state index in [0.717, 1.165) is 17.3 Å². The molecule has 0 aliphatic rings. The molecule has 21 heavy (non-hydrogen) atoms. The molecule has 0 aliphatic heterocycles. The van der Waals surface area contributed by atoms with E-state index in [1.54, 1.807) is 17.9 Å². The van der Waals surface area contributed by atoms with E-state index in [9.17, 15) is 13.6 Å². The van der Waals surface area contributed by atoms with Crippen LogP contribution < -0.4 is 4.74 Å². The van der Waals surface area contributed by atoms with Crippen molar-refractivity contribution in [2.75, 3.05) is 0 Å². The lowest BCUT2D eigenvalue weighted by atomic mass is 10.1. The van der Waals surface area contributed by atoms with Gasteiger partial charge in [0, 0.05) is 18.7 Å². The Bertz CT molecular complexity index is 691. The van der Waals surface area contributed by atoms with Crippen molar-refractivity contribution in [1.82, 2.24) is 9.78 Å². The molecule has 0 bridgehead atoms. The summed E-state index contributed by atoms with van der Waals surface area (Å²) in [6, 6.07) is 0.883. The molecule has 0 fully saturated rings. The zero-order valence-corrected chi connectivity index (χ0v) is 11.8. The first-order valence-electron chi connectivity index (χ1n) is 6.15. The Labute approximate surface area is 119 Å². The third kappa shape index (κ3) is 2.72. The average molecular weight is 296 g/mol. The number of aromatic nitrogens is 2. The van der Waals surface area contributed by atoms with Crippen molar-refractivity contribution in [1.29, 1.82) is 0 Å². The van der Waals surface area contributed by atoms with Crippen LogP contribution in [0, 0.1) is 25.5 Å². The normalized spacial score (nSPS) is 10.7. The minimum Gasteiger partial charge on any atom is -0.487 e. The van der Waals surface area contributed by atoms with Crippen molar-refractivity contribution in [2.24, 2.45) is 7.05 Å². The summed E-state index contributed by atoms with van der Waals surface area (Å²) in [6.45, 7) is 3.26. The van der Waals surface area contributed by atoms with Crippen LogP contribution in [-0.4, -0.2) is 20.9 Å². The highest BCUT2D eigenvalue weighted by molar-refractivity contribution is 5.88. The zero-order valence-electron chi connectivity index (χ0n) is 11.8. The Balaban J connectivity index is 2.32. The van der Waals surface area contributed by atoms with Crippen molar-refractivity contribution < 1.29 is 23.4 Å². The molecule has 1 aromatic carbocycles. The molecule has 7 heteroatoms. The smallest absolute Gasteiger partial charge is 0.341 e. The molecule has 0 saturated heterocycles. The predicted octanol–water partition coefficient (Wildman–Crippen LogP) is 2.59. The zero-order chi connectivity index (χ0) is 15.7. The molecule has 5 nitrogen and oxygen atoms in total. The van der Waals surface area contributed by atoms with Crippen LogP contribution in [0.1, 0.15) is 27.2 Å². The minimum absolute atomic E-state index is 0.0319. The molecule has 0 radical (unpaired) electrons. The summed E-state index contributed by atoms with van der Waals surface area (Å²) < 4.78 is 34.5. The molecule has 0 amide bonds. The largest absolute Gasteiger partial charge is 0.487 e. The molecule has 0 aliphatic carbocycles. The number of aromatic carboxylic acids is 1. The van der Waals surface area contributed by atoms with Crippen LogP contribution in [0.3, 0.4) is 0 Å². The van der Waals surface area contributed by atoms with Crippen LogP contribution in [0.5, 0.6) is 5.75 Å². The van der Waals surface area contributed by atoms with Gasteiger partial charge < -0.3 is 9.84 Å². The number of carboxylic acids is 1. The Morgan fingerprint density at radius 2 is 2.10 bits per heavy atom. The van der Waals surface area contributed by atoms with Crippen LogP contribution in [0.2, 0.25) is 0 Å². The lowest BCUT2D eigenvalue weighted by Gasteiger charge is -2.12. The third-order valence-corrected chi connectivity index (χ3v) is 3.26. The highest BCUT2D eigenvalue weighted by Gasteiger charge is 2.22. The highest BCUT2D eigenvalue weighted by Crippen LogP contribution is 2.27. The van der Waals surface area contributed by atoms with Gasteiger partial charge in [0.25, 0.3) is 0 Å². The van der Waals surface area contributed by atoms with E-state index in [-0.39, 0.29) is 17.9 Å². The summed E-state index contributed by atoms with van der Waals surface area (Å²) in [4.78, 5) is 10.8. The van der Waals surface area contributed by atoms with Crippen LogP contribution in [0.4, 0.5) is 8.78 Å². The van der Waals surface area contributed by atoms with Crippen LogP contribution in [0.25, 0.3) is 0 Å². The SMILES string of the molecule is Cc1cnn(C)c1COc1cc(F)c(C(=O)O)c(F)c1C. The number of hydrogen-bond acceptors (Lipinski definition) is 3. The van der Waals surface area contributed by atoms with Crippen LogP contribution in [0.15, 0.2) is 12.3 Å². The van der Waals surface area contributed by atoms with E-state index < -0.39 is 23.2 Å². The summed E-state index contributed by atoms with van der Waals surface area (Å²) in [5.41, 5.74) is 0.626. The monoisotopic (exact) mass is 296 g/mol. The molecule has 0 unspecified atom stereocenters. The summed E-state index contributed by atoms with van der Waals surface area (Å²) in [6.07, 6.45) is 1.65. The summed E-state index contributed by atoms with van der Waals surface area (Å²) >= 11 is 0. The van der Waals surface area contributed by atoms with Crippen molar-refractivity contribution in [2.45, 2.75) is 20.5 Å². The number of carbonyl (C=O) groups is 1. The van der Waals surface area contributed by atoms with Crippen molar-refractivity contribution in [3.8, 4) is 5.75 Å². The standard InChI is InChI=1S/C14H14F2N2O3/c1-7-5-17-18(3)10(7)6-21-11-4-9(15)12(14(19)20)13(16)8(11)2/h4-5H,6H2,1-3H3,(H,19,20). The van der Waals surface area contributed by atoms with E-state index in [0.29, 0.717) is 0 Å². The Hall–Kier alpha value is -2.44. The fraction of sp³-hybridized carbons (Fsp3) is 0.286. The van der Waals surface area contributed by atoms with Gasteiger partial charge in [0.05, 0.1) is 11.9 Å². The minimum atomic E-state index is -1.65. The molecular weight excluding hydrogens is 282 g/mol. The molecular formula is C14H14F2N2O3. The van der Waals surface area contributed by atoms with E-state index in [1.807, 2.05) is 6.92 Å². The van der Waals surface area contributed by atoms with Gasteiger partial charge in [-0.3, -0.25) is 4.68 Å². The Morgan fingerprint density at radius 1 is 1.43 bits per heavy atom. The fourth-order valence-corrected chi connectivity index (χ4v) is 1.97. The first kappa shape index (κ1) is 15.0. The molecule has 0 spiro atoms. The van der Waals surface area contributed by atoms with E-state index in [1.165, 1.54) is 6.92 Å². The van der Waals surface area contributed by atoms with Crippen LogP contribution >= 0.6 is 0 Å². The van der Waals surface area contributed by atoms with E-state index >= 15 is 0 Å². The summed E-state index contributed by atoms with van der Waals surface area (Å²) in [5.74, 6) is -3.97. The topological polar surface area (TPSA) is 64.4 Å². The molecule has 2 rings (SSSR count). The van der Waals surface area contributed by atoms with Gasteiger partial charge in [-0.05, 0) is 19.4 Å². The number of nitrogens with zero attached hydrogens (tertiary/aromatic N) is 2. The third-order valence-electron chi connectivity index (χ3n) is 3.26. The highest BCUT2D eigenvalue weighted by atomic mass is 19.1. The van der Waals surface area contributed by atoms with Crippen molar-refractivity contribution in [3.05, 3.63) is 46.3 Å². The molecule has 1 aromatic heterocycles. The second-order valence-electron chi connectivity index (χ2n) is 4.66. The van der Waals surface area contributed by atoms with Gasteiger partial charge in [0.15, 0.2) is 0 Å². The van der Waals surface area contributed by atoms with Gasteiger partial charge in [0.1, 0.15) is 29.6 Å². The van der Waals surface area contributed by atoms with Gasteiger partial charge >= 0.3 is 5.97 Å². The quantitative estimate of drug-likeness (QED) is 0.942. The summed E-state index contributed by atoms with van der Waals surface area (Å²) in [7, 11) is 1.73. The van der Waals surface area contributed by atoms with Crippen molar-refractivity contribution in [3.63, 3.8) is 0 Å². The molecule has 2 aromatic rings. The maximum Gasteiger partial charge on any atom is 0.341 e. The van der Waals surface area contributed by atoms with E-state index in [4.69, 9.17) is 9.84 Å². The van der Waals surface area contributed by atoms with Crippen molar-refractivity contribution >= 4 is 5.97 Å². The number of hydrogen-bond donors (Lipinski definition) is 1. The molecule has 1 N–H and O–H groups in total. The molecule has 112 valence electrons. The number of aryl methyl sites for hydroxylation is 2. The first-order chi connectivity index (χ1) is 9.82. The van der Waals surface area contributed by atoms with Crippen LogP contribution in [-0.2, 0) is 13.7 Å². The van der Waals surface area contributed by atoms with E-state index in [2.05, 4.69) is 5.10 Å². The Morgan fingerprint density at radius 3 is 2.62 bits per heavy atom. The number of benzene rings is 1. The fourth-order valence-electron chi connectivity index (χ4n) is 1.97. The average Bonchev–Trinajstić information content (AvgIpc) is 2.71. The lowest BCUT2D eigenvalue weighted by Crippen LogP contribution is -2.10. The van der Waals surface area contributed by atoms with Gasteiger partial charge in [0.2, 0.25) is 0 Å². The first-order valence-corrected chi connectivity index (χ1v) is 6.15. The summed E-state index contributed by atoms with van der Waals surface area (Å²) in [5, 5.41) is 12.8. The van der Waals surface area contributed by atoms with Gasteiger partial charge in [-0.1, -0.05) is 0 Å². The number of carboxylic acid groups (broad SMARTS) is 1. The molecule has 0 saturated carbocycles. The molecule has 0 atom stereocenters. The second-order valence-corrected chi connectivity index (χ2v) is 4.66. The lowest BCUT2D eigenvalue weighted by molar-refractivity contribution is 0.0686. The van der Waals surface area contributed by atoms with Gasteiger partial charge in [-0.2, -0.15) is 5.10 Å². The predicted molar refractivity (Wildman–Crippen MR) is 70.3 cm³/mol. The Kier molecular flexibility index (Phi) is 3.93.